The Kier molecular flexibility index (Phi) is 41.4. The van der Waals surface area contributed by atoms with Crippen LogP contribution in [0.1, 0.15) is 194 Å². The van der Waals surface area contributed by atoms with Crippen molar-refractivity contribution in [3.63, 3.8) is 0 Å². The number of aryl methyl sites for hydroxylation is 3. The molecule has 0 spiro atoms. The first-order chi connectivity index (χ1) is 65.9. The maximum atomic E-state index is 13.8. The highest BCUT2D eigenvalue weighted by atomic mass is 16.6. The number of carbonyl (C=O) groups excluding carboxylic acids is 10. The van der Waals surface area contributed by atoms with Gasteiger partial charge in [-0.3, -0.25) is 48.0 Å². The number of urea groups is 1. The van der Waals surface area contributed by atoms with Gasteiger partial charge in [0.05, 0.1) is 66.7 Å². The van der Waals surface area contributed by atoms with Crippen LogP contribution in [-0.4, -0.2) is 207 Å². The molecule has 40 heteroatoms. The lowest BCUT2D eigenvalue weighted by Gasteiger charge is -2.39. The van der Waals surface area contributed by atoms with Gasteiger partial charge in [0.15, 0.2) is 11.2 Å². The topological polar surface area (TPSA) is 602 Å². The predicted molar refractivity (Wildman–Crippen MR) is 510 cm³/mol. The summed E-state index contributed by atoms with van der Waals surface area (Å²) in [7, 11) is 1.91. The number of H-pyrrole nitrogens is 1. The fourth-order valence-electron chi connectivity index (χ4n) is 16.5. The van der Waals surface area contributed by atoms with Gasteiger partial charge in [-0.2, -0.15) is 4.98 Å². The number of benzene rings is 3. The molecule has 742 valence electrons. The maximum absolute atomic E-state index is 13.8. The normalized spacial score (nSPS) is 19.5. The van der Waals surface area contributed by atoms with Crippen LogP contribution >= 0.6 is 0 Å². The number of unbranched alkanes of at least 4 members (excludes halogenated alkanes) is 1. The highest BCUT2D eigenvalue weighted by Gasteiger charge is 2.51. The largest absolute Gasteiger partial charge is 0.481 e. The van der Waals surface area contributed by atoms with Gasteiger partial charge in [0.2, 0.25) is 23.7 Å². The van der Waals surface area contributed by atoms with Gasteiger partial charge in [-0.1, -0.05) is 122 Å². The number of aliphatic hydroxyl groups is 1. The van der Waals surface area contributed by atoms with E-state index in [1.807, 2.05) is 107 Å². The number of aliphatic carboxylic acids is 3. The summed E-state index contributed by atoms with van der Waals surface area (Å²) < 4.78 is 25.0. The van der Waals surface area contributed by atoms with Crippen LogP contribution in [0.3, 0.4) is 0 Å². The number of hydrogen-bond donors (Lipinski definition) is 16. The van der Waals surface area contributed by atoms with Gasteiger partial charge in [-0.15, -0.1) is 5.10 Å². The molecule has 0 unspecified atom stereocenters. The predicted octanol–water partition coefficient (Wildman–Crippen LogP) is 8.90. The van der Waals surface area contributed by atoms with Crippen LogP contribution < -0.4 is 64.9 Å². The number of amides is 9. The number of hydrogen-bond acceptors (Lipinski definition) is 26. The van der Waals surface area contributed by atoms with E-state index in [0.717, 1.165) is 60.2 Å². The molecular formula is C98H128N18O22. The van der Waals surface area contributed by atoms with E-state index < -0.39 is 126 Å². The number of primary amides is 1. The van der Waals surface area contributed by atoms with Crippen LogP contribution in [0.25, 0.3) is 11.2 Å². The average molecular weight is 1910 g/mol. The van der Waals surface area contributed by atoms with E-state index in [4.69, 9.17) is 30.4 Å². The Morgan fingerprint density at radius 3 is 2.09 bits per heavy atom. The minimum Gasteiger partial charge on any atom is -0.481 e. The molecule has 138 heavy (non-hydrogen) atoms. The van der Waals surface area contributed by atoms with Crippen molar-refractivity contribution in [1.82, 2.24) is 72.1 Å². The summed E-state index contributed by atoms with van der Waals surface area (Å²) in [6.45, 7) is 16.2. The number of nitrogen functional groups attached to an aromatic ring is 1. The molecule has 1 saturated carbocycles. The van der Waals surface area contributed by atoms with Crippen molar-refractivity contribution in [2.24, 2.45) is 54.2 Å². The number of esters is 1. The monoisotopic (exact) mass is 1910 g/mol. The van der Waals surface area contributed by atoms with Crippen LogP contribution in [0, 0.1) is 48.3 Å². The number of carboxylic acids is 3. The highest BCUT2D eigenvalue weighted by Crippen LogP contribution is 2.53. The number of aliphatic hydroxyl groups excluding tert-OH is 1. The zero-order chi connectivity index (χ0) is 100. The third kappa shape index (κ3) is 34.8. The number of aromatic nitrogens is 7. The summed E-state index contributed by atoms with van der Waals surface area (Å²) in [6.07, 6.45) is 21.7. The second-order valence-corrected chi connectivity index (χ2v) is 35.6. The molecule has 0 bridgehead atoms. The van der Waals surface area contributed by atoms with E-state index in [9.17, 15) is 87.5 Å². The number of ketones is 1. The van der Waals surface area contributed by atoms with Crippen molar-refractivity contribution in [2.75, 3.05) is 36.1 Å². The lowest BCUT2D eigenvalue weighted by molar-refractivity contribution is -0.145. The molecule has 3 aromatic heterocycles. The summed E-state index contributed by atoms with van der Waals surface area (Å²) >= 11 is 0. The van der Waals surface area contributed by atoms with Crippen molar-refractivity contribution in [2.45, 2.75) is 232 Å². The van der Waals surface area contributed by atoms with E-state index in [1.54, 1.807) is 62.4 Å². The van der Waals surface area contributed by atoms with E-state index >= 15 is 0 Å². The number of ether oxygens (including phenoxy) is 4. The molecule has 3 aromatic carbocycles. The summed E-state index contributed by atoms with van der Waals surface area (Å²) in [5, 5.41) is 72.9. The quantitative estimate of drug-likeness (QED) is 0.00557. The molecule has 2 fully saturated rings. The first kappa shape index (κ1) is 107. The summed E-state index contributed by atoms with van der Waals surface area (Å²) in [4.78, 5) is 190. The SMILES string of the molecule is C/C=C/[C@@H]1O[C@H]([C@@H](/C=C/C=C(\C)C[C@@H](C)/C=C(C)\C=C\[C@H]2CC=CC(=O)O2)NC(=O)OCc2ccc(NC(=O)[C@H](CCCNC(N)=O)NC(=O)[C@@H](NC(=O)OC[C@@H]3[C@@H]4CCc5nnn(C)c5CC[C@@H]43)C(C)C)cc2)C[C@@H](O)[C@@H]1C.Cc1ccc(C(=O)NCCCC[C@H](NC(=O)CC[C@H](CC(=O)CC[C@H](NC(=O)c2ccc(NCc3cnc4nc(N)[nH]c(=O)c4n3)cc2)C(=O)O)C(=O)O)C(=O)O)cc1. The molecule has 0 radical (unpaired) electrons. The van der Waals surface area contributed by atoms with Gasteiger partial charge in [0.1, 0.15) is 42.7 Å². The maximum Gasteiger partial charge on any atom is 0.408 e. The van der Waals surface area contributed by atoms with Crippen molar-refractivity contribution in [3.05, 3.63) is 201 Å². The van der Waals surface area contributed by atoms with E-state index in [0.29, 0.717) is 78.7 Å². The molecule has 2 aliphatic heterocycles. The van der Waals surface area contributed by atoms with Crippen LogP contribution in [0.5, 0.6) is 0 Å². The molecule has 9 amide bonds. The highest BCUT2D eigenvalue weighted by molar-refractivity contribution is 5.99. The number of rotatable bonds is 47. The zero-order valence-corrected chi connectivity index (χ0v) is 79.0. The number of nitrogens with zero attached hydrogens (tertiary/aromatic N) is 6. The Morgan fingerprint density at radius 2 is 1.40 bits per heavy atom. The van der Waals surface area contributed by atoms with Crippen molar-refractivity contribution in [3.8, 4) is 0 Å². The van der Waals surface area contributed by atoms with Gasteiger partial charge < -0.3 is 98.7 Å². The van der Waals surface area contributed by atoms with Gasteiger partial charge in [0, 0.05) is 86.7 Å². The first-order valence-electron chi connectivity index (χ1n) is 46.4. The molecule has 15 atom stereocenters. The van der Waals surface area contributed by atoms with Gasteiger partial charge in [-0.25, -0.2) is 38.7 Å². The van der Waals surface area contributed by atoms with Crippen molar-refractivity contribution >= 4 is 106 Å². The Morgan fingerprint density at radius 1 is 0.725 bits per heavy atom. The van der Waals surface area contributed by atoms with Crippen LogP contribution in [0.15, 0.2) is 156 Å². The van der Waals surface area contributed by atoms with Crippen LogP contribution in [0.4, 0.5) is 31.7 Å². The first-order valence-corrected chi connectivity index (χ1v) is 46.4. The summed E-state index contributed by atoms with van der Waals surface area (Å²) in [6, 6.07) is 13.5. The van der Waals surface area contributed by atoms with E-state index in [2.05, 4.69) is 91.1 Å². The van der Waals surface area contributed by atoms with E-state index in [-0.39, 0.29) is 135 Å². The number of alkyl carbamates (subject to hydrolysis) is 2. The number of carbonyl (C=O) groups is 13. The molecule has 6 aromatic rings. The number of nitrogens with one attached hydrogen (secondary N) is 10. The Balaban J connectivity index is 0.000000322. The van der Waals surface area contributed by atoms with E-state index in [1.165, 1.54) is 24.4 Å². The Hall–Kier alpha value is -14.3. The summed E-state index contributed by atoms with van der Waals surface area (Å²) in [5.74, 6) is -8.40. The number of anilines is 3. The minimum absolute atomic E-state index is 0.0116. The Bertz CT molecular complexity index is 5500. The number of aromatic amines is 1. The average Bonchev–Trinajstić information content (AvgIpc) is 1.61. The molecule has 18 N–H and O–H groups in total. The molecule has 5 heterocycles. The number of Topliss-reactive ketones (excluding diaryl/α,β-unsaturated/α-hetero) is 1. The Labute approximate surface area is 799 Å². The smallest absolute Gasteiger partial charge is 0.408 e. The number of carboxylic acid groups (broad SMARTS) is 3. The zero-order valence-electron chi connectivity index (χ0n) is 79.0. The number of allylic oxidation sites excluding steroid dienone is 7. The summed E-state index contributed by atoms with van der Waals surface area (Å²) in [5.41, 5.74) is 18.3. The molecule has 4 aliphatic rings. The fourth-order valence-corrected chi connectivity index (χ4v) is 16.5. The number of cyclic esters (lactones) is 1. The lowest BCUT2D eigenvalue weighted by atomic mass is 9.87. The van der Waals surface area contributed by atoms with Crippen molar-refractivity contribution in [1.29, 1.82) is 0 Å². The number of nitrogens with two attached hydrogens (primary N) is 2. The van der Waals surface area contributed by atoms with Gasteiger partial charge in [-0.05, 0) is 195 Å². The van der Waals surface area contributed by atoms with Crippen molar-refractivity contribution < 1.29 is 102 Å². The molecule has 10 rings (SSSR count). The second-order valence-electron chi connectivity index (χ2n) is 35.6. The molecule has 2 aliphatic carbocycles. The molecule has 40 nitrogen and oxygen atoms in total. The lowest BCUT2D eigenvalue weighted by Crippen LogP contribution is -2.54. The standard InChI is InChI=1S/C59H83N9O11.C39H45N9O11/c1-9-13-51-39(7)50(69)32-52(79-51)47(16-10-14-36(4)30-38(6)31-37(5)19-24-42-15-11-18-53(70)78-42)64-58(74)76-33-40-20-22-41(23-21-40)62-55(71)48(17-12-29-61-57(60)73)63-56(72)54(35(2)3)65-59(75)77-34-45-43-25-27-46-49(28-26-44(43)45)68(8)67-66-46;1-21-5-7-22(8-6-21)33(51)41-17-3-2-4-28(37(56)57)45-30(50)16-11-24(36(54)55)18-27(49)14-15-29(38(58)59)46-34(52)23-9-12-25(13-10-23)42-19-26-20-43-32-31(44-26)35(53)48-39(40)47-32/h9-11,13-14,16,18-24,31,35,38-39,42-45,47-48,50-52,54,69H,12,15,17,25-30,32-34H2,1-8H3,(H,62,71)(H,63,72)(H,64,74)(H,65,75)(H3,60,61,73);5-10,12-13,20,24,28-29,42H,2-4,11,14-19H2,1H3,(H,41,51)(H,45,50)(H,46,52)(H,54,55)(H,56,57)(H,58,59)(H3,40,43,47,48,53)/b13-9+,16-10+,24-19+,36-14+,37-31-;/t38-,39+,42-,43-,44+,45-,47-,48+,50-,51+,52+,54+;24-,28+,29+/m11/s1. The van der Waals surface area contributed by atoms with Crippen LogP contribution in [-0.2, 0) is 90.3 Å². The number of fused-ring (bicyclic) bond motifs is 3. The second kappa shape index (κ2) is 53.3. The minimum atomic E-state index is -1.48. The third-order valence-electron chi connectivity index (χ3n) is 24.3. The van der Waals surface area contributed by atoms with Crippen LogP contribution in [0.2, 0.25) is 0 Å². The molecular weight excluding hydrogens is 1780 g/mol. The third-order valence-corrected chi connectivity index (χ3v) is 24.3. The molecule has 1 saturated heterocycles. The van der Waals surface area contributed by atoms with Gasteiger partial charge >= 0.3 is 42.1 Å². The fraction of sp³-hybridized carbons (Fsp3) is 0.480. The van der Waals surface area contributed by atoms with Gasteiger partial charge in [0.25, 0.3) is 17.4 Å².